The quantitative estimate of drug-likeness (QED) is 0.872. The first kappa shape index (κ1) is 12.7. The van der Waals surface area contributed by atoms with Crippen LogP contribution in [-0.4, -0.2) is 9.78 Å². The molecule has 1 aromatic heterocycles. The highest BCUT2D eigenvalue weighted by Gasteiger charge is 2.05. The van der Waals surface area contributed by atoms with E-state index in [0.29, 0.717) is 0 Å². The normalized spacial score (nSPS) is 10.6. The number of rotatable bonds is 5. The second kappa shape index (κ2) is 5.71. The van der Waals surface area contributed by atoms with Crippen LogP contribution in [0.1, 0.15) is 30.8 Å². The highest BCUT2D eigenvalue weighted by Crippen LogP contribution is 2.16. The van der Waals surface area contributed by atoms with Gasteiger partial charge in [-0.15, -0.1) is 0 Å². The monoisotopic (exact) mass is 243 g/mol. The average Bonchev–Trinajstić information content (AvgIpc) is 2.77. The van der Waals surface area contributed by atoms with Gasteiger partial charge in [-0.1, -0.05) is 25.1 Å². The zero-order valence-corrected chi connectivity index (χ0v) is 11.4. The first-order valence-corrected chi connectivity index (χ1v) is 6.59. The average molecular weight is 243 g/mol. The molecule has 0 bridgehead atoms. The summed E-state index contributed by atoms with van der Waals surface area (Å²) in [6.45, 7) is 8.08. The lowest BCUT2D eigenvalue weighted by molar-refractivity contribution is 0.623. The molecule has 2 aromatic rings. The van der Waals surface area contributed by atoms with Gasteiger partial charge in [-0.05, 0) is 38.0 Å². The Bertz CT molecular complexity index is 514. The van der Waals surface area contributed by atoms with E-state index < -0.39 is 0 Å². The molecular formula is C15H21N3. The van der Waals surface area contributed by atoms with Crippen molar-refractivity contribution >= 4 is 5.69 Å². The van der Waals surface area contributed by atoms with Gasteiger partial charge in [0.05, 0.1) is 17.9 Å². The minimum Gasteiger partial charge on any atom is -0.379 e. The van der Waals surface area contributed by atoms with Gasteiger partial charge in [0.2, 0.25) is 0 Å². The molecule has 3 nitrogen and oxygen atoms in total. The van der Waals surface area contributed by atoms with Crippen LogP contribution in [0.3, 0.4) is 0 Å². The van der Waals surface area contributed by atoms with Gasteiger partial charge < -0.3 is 5.32 Å². The molecule has 1 aromatic carbocycles. The Morgan fingerprint density at radius 3 is 2.72 bits per heavy atom. The summed E-state index contributed by atoms with van der Waals surface area (Å²) in [6, 6.07) is 10.6. The van der Waals surface area contributed by atoms with E-state index in [1.165, 1.54) is 16.9 Å². The van der Waals surface area contributed by atoms with E-state index in [4.69, 9.17) is 0 Å². The molecule has 3 heteroatoms. The molecule has 1 heterocycles. The Kier molecular flexibility index (Phi) is 4.03. The molecule has 2 rings (SSSR count). The van der Waals surface area contributed by atoms with Crippen molar-refractivity contribution in [2.45, 2.75) is 40.3 Å². The van der Waals surface area contributed by atoms with Gasteiger partial charge >= 0.3 is 0 Å². The topological polar surface area (TPSA) is 29.9 Å². The molecule has 0 fully saturated rings. The number of aromatic nitrogens is 2. The van der Waals surface area contributed by atoms with Crippen LogP contribution in [0, 0.1) is 6.92 Å². The van der Waals surface area contributed by atoms with Gasteiger partial charge in [-0.2, -0.15) is 5.10 Å². The molecule has 0 unspecified atom stereocenters. The third-order valence-electron chi connectivity index (χ3n) is 3.14. The van der Waals surface area contributed by atoms with Crippen LogP contribution in [0.15, 0.2) is 30.3 Å². The van der Waals surface area contributed by atoms with Crippen LogP contribution in [0.25, 0.3) is 0 Å². The maximum Gasteiger partial charge on any atom is 0.0597 e. The predicted octanol–water partition coefficient (Wildman–Crippen LogP) is 3.39. The first-order valence-electron chi connectivity index (χ1n) is 6.59. The number of para-hydroxylation sites is 1. The first-order chi connectivity index (χ1) is 8.74. The van der Waals surface area contributed by atoms with Gasteiger partial charge in [-0.3, -0.25) is 4.68 Å². The van der Waals surface area contributed by atoms with Gasteiger partial charge in [0.1, 0.15) is 0 Å². The third kappa shape index (κ3) is 2.73. The van der Waals surface area contributed by atoms with Gasteiger partial charge in [0.25, 0.3) is 0 Å². The second-order valence-corrected chi connectivity index (χ2v) is 4.46. The number of benzene rings is 1. The van der Waals surface area contributed by atoms with E-state index in [2.05, 4.69) is 59.3 Å². The van der Waals surface area contributed by atoms with Gasteiger partial charge in [0.15, 0.2) is 0 Å². The molecule has 18 heavy (non-hydrogen) atoms. The third-order valence-corrected chi connectivity index (χ3v) is 3.14. The van der Waals surface area contributed by atoms with E-state index in [9.17, 15) is 0 Å². The fourth-order valence-electron chi connectivity index (χ4n) is 2.20. The van der Waals surface area contributed by atoms with E-state index in [0.717, 1.165) is 25.2 Å². The standard InChI is InChI=1S/C15H21N3/c1-4-13-8-6-7-9-15(13)16-11-14-10-12(3)17-18(14)5-2/h6-10,16H,4-5,11H2,1-3H3. The molecule has 96 valence electrons. The van der Waals surface area contributed by atoms with Crippen LogP contribution in [0.2, 0.25) is 0 Å². The van der Waals surface area contributed by atoms with Gasteiger partial charge in [0, 0.05) is 12.2 Å². The Labute approximate surface area is 109 Å². The highest BCUT2D eigenvalue weighted by atomic mass is 15.3. The van der Waals surface area contributed by atoms with Crippen molar-refractivity contribution in [3.05, 3.63) is 47.3 Å². The van der Waals surface area contributed by atoms with Crippen LogP contribution in [-0.2, 0) is 19.5 Å². The van der Waals surface area contributed by atoms with Crippen LogP contribution < -0.4 is 5.32 Å². The Morgan fingerprint density at radius 1 is 1.22 bits per heavy atom. The van der Waals surface area contributed by atoms with Crippen LogP contribution >= 0.6 is 0 Å². The molecule has 0 saturated heterocycles. The van der Waals surface area contributed by atoms with E-state index in [1.807, 2.05) is 6.92 Å². The number of nitrogens with zero attached hydrogens (tertiary/aromatic N) is 2. The molecule has 1 N–H and O–H groups in total. The van der Waals surface area contributed by atoms with Crippen molar-refractivity contribution in [1.82, 2.24) is 9.78 Å². The van der Waals surface area contributed by atoms with Crippen LogP contribution in [0.4, 0.5) is 5.69 Å². The molecule has 0 aliphatic rings. The van der Waals surface area contributed by atoms with Crippen molar-refractivity contribution in [3.63, 3.8) is 0 Å². The highest BCUT2D eigenvalue weighted by molar-refractivity contribution is 5.51. The SMILES string of the molecule is CCc1ccccc1NCc1cc(C)nn1CC. The summed E-state index contributed by atoms with van der Waals surface area (Å²) < 4.78 is 2.05. The molecule has 0 saturated carbocycles. The van der Waals surface area contributed by atoms with Gasteiger partial charge in [-0.25, -0.2) is 0 Å². The van der Waals surface area contributed by atoms with Crippen molar-refractivity contribution in [3.8, 4) is 0 Å². The molecule has 0 spiro atoms. The maximum absolute atomic E-state index is 4.46. The molecular weight excluding hydrogens is 222 g/mol. The number of nitrogens with one attached hydrogen (secondary N) is 1. The molecule has 0 atom stereocenters. The largest absolute Gasteiger partial charge is 0.379 e. The summed E-state index contributed by atoms with van der Waals surface area (Å²) in [5, 5.41) is 7.97. The lowest BCUT2D eigenvalue weighted by Gasteiger charge is -2.11. The fraction of sp³-hybridized carbons (Fsp3) is 0.400. The Balaban J connectivity index is 2.11. The number of hydrogen-bond donors (Lipinski definition) is 1. The van der Waals surface area contributed by atoms with E-state index in [1.54, 1.807) is 0 Å². The fourth-order valence-corrected chi connectivity index (χ4v) is 2.20. The summed E-state index contributed by atoms with van der Waals surface area (Å²) in [6.07, 6.45) is 1.05. The second-order valence-electron chi connectivity index (χ2n) is 4.46. The zero-order chi connectivity index (χ0) is 13.0. The smallest absolute Gasteiger partial charge is 0.0597 e. The lowest BCUT2D eigenvalue weighted by Crippen LogP contribution is -2.08. The summed E-state index contributed by atoms with van der Waals surface area (Å²) in [4.78, 5) is 0. The minimum absolute atomic E-state index is 0.825. The number of aryl methyl sites for hydroxylation is 3. The molecule has 0 radical (unpaired) electrons. The Morgan fingerprint density at radius 2 is 2.00 bits per heavy atom. The zero-order valence-electron chi connectivity index (χ0n) is 11.4. The lowest BCUT2D eigenvalue weighted by atomic mass is 10.1. The summed E-state index contributed by atoms with van der Waals surface area (Å²) in [5.74, 6) is 0. The van der Waals surface area contributed by atoms with Crippen molar-refractivity contribution in [2.75, 3.05) is 5.32 Å². The summed E-state index contributed by atoms with van der Waals surface area (Å²) in [7, 11) is 0. The predicted molar refractivity (Wildman–Crippen MR) is 75.8 cm³/mol. The molecule has 0 aliphatic carbocycles. The van der Waals surface area contributed by atoms with Crippen molar-refractivity contribution in [2.24, 2.45) is 0 Å². The number of hydrogen-bond acceptors (Lipinski definition) is 2. The summed E-state index contributed by atoms with van der Waals surface area (Å²) >= 11 is 0. The van der Waals surface area contributed by atoms with Crippen molar-refractivity contribution < 1.29 is 0 Å². The van der Waals surface area contributed by atoms with E-state index >= 15 is 0 Å². The molecule has 0 amide bonds. The molecule has 0 aliphatic heterocycles. The number of anilines is 1. The van der Waals surface area contributed by atoms with E-state index in [-0.39, 0.29) is 0 Å². The maximum atomic E-state index is 4.46. The summed E-state index contributed by atoms with van der Waals surface area (Å²) in [5.41, 5.74) is 4.90. The Hall–Kier alpha value is -1.77. The van der Waals surface area contributed by atoms with Crippen molar-refractivity contribution in [1.29, 1.82) is 0 Å². The minimum atomic E-state index is 0.825. The van der Waals surface area contributed by atoms with Crippen LogP contribution in [0.5, 0.6) is 0 Å².